The van der Waals surface area contributed by atoms with Gasteiger partial charge >= 0.3 is 5.97 Å². The van der Waals surface area contributed by atoms with E-state index in [0.717, 1.165) is 29.5 Å². The third-order valence-electron chi connectivity index (χ3n) is 9.98. The molecule has 2 aliphatic rings. The number of methoxy groups -OCH3 is 4. The Morgan fingerprint density at radius 2 is 1.48 bits per heavy atom. The van der Waals surface area contributed by atoms with Crippen molar-refractivity contribution in [2.24, 2.45) is 11.3 Å². The molecular formula is C40H47NO9. The second kappa shape index (κ2) is 16.2. The molecule has 1 aliphatic carbocycles. The highest BCUT2D eigenvalue weighted by Gasteiger charge is 2.40. The maximum absolute atomic E-state index is 12.0. The van der Waals surface area contributed by atoms with E-state index in [9.17, 15) is 14.7 Å². The Balaban J connectivity index is 1.47. The topological polar surface area (TPSA) is 113 Å². The fourth-order valence-electron chi connectivity index (χ4n) is 6.96. The first-order chi connectivity index (χ1) is 24.2. The molecule has 10 nitrogen and oxygen atoms in total. The predicted molar refractivity (Wildman–Crippen MR) is 191 cm³/mol. The molecule has 1 fully saturated rings. The maximum atomic E-state index is 12.0. The number of piperidine rings is 1. The number of allylic oxidation sites excluding steroid dienone is 3. The summed E-state index contributed by atoms with van der Waals surface area (Å²) in [6.07, 6.45) is 9.45. The van der Waals surface area contributed by atoms with Gasteiger partial charge in [0.25, 0.3) is 0 Å². The van der Waals surface area contributed by atoms with Gasteiger partial charge in [-0.2, -0.15) is 0 Å². The first-order valence-corrected chi connectivity index (χ1v) is 16.8. The normalized spacial score (nSPS) is 20.4. The SMILES string of the molecule is COc1cc(OCC2(COc3cc(OC)c(CN4CCCC[C@H]4C(=O)O)c(OC)c3)C=CC=C(c3ccccc3C)C2C)cc(OC)c1C=O. The lowest BCUT2D eigenvalue weighted by Gasteiger charge is -2.40. The third kappa shape index (κ3) is 7.60. The molecule has 10 heteroatoms. The molecular weight excluding hydrogens is 638 g/mol. The summed E-state index contributed by atoms with van der Waals surface area (Å²) in [7, 11) is 6.17. The molecule has 3 aromatic rings. The number of aldehydes is 1. The molecule has 50 heavy (non-hydrogen) atoms. The molecule has 0 bridgehead atoms. The lowest BCUT2D eigenvalue weighted by molar-refractivity contribution is -0.144. The van der Waals surface area contributed by atoms with E-state index in [2.05, 4.69) is 38.1 Å². The van der Waals surface area contributed by atoms with Crippen LogP contribution in [0.2, 0.25) is 0 Å². The summed E-state index contributed by atoms with van der Waals surface area (Å²) in [6, 6.07) is 14.8. The van der Waals surface area contributed by atoms with Crippen LogP contribution in [0, 0.1) is 18.3 Å². The van der Waals surface area contributed by atoms with Crippen LogP contribution in [0.3, 0.4) is 0 Å². The molecule has 0 radical (unpaired) electrons. The predicted octanol–water partition coefficient (Wildman–Crippen LogP) is 7.01. The lowest BCUT2D eigenvalue weighted by atomic mass is 9.69. The number of benzene rings is 3. The summed E-state index contributed by atoms with van der Waals surface area (Å²) in [5.41, 5.74) is 3.91. The fourth-order valence-corrected chi connectivity index (χ4v) is 6.96. The Bertz CT molecular complexity index is 1700. The van der Waals surface area contributed by atoms with E-state index in [0.29, 0.717) is 65.9 Å². The molecule has 5 rings (SSSR count). The molecule has 0 amide bonds. The zero-order valence-corrected chi connectivity index (χ0v) is 29.7. The van der Waals surface area contributed by atoms with Gasteiger partial charge < -0.3 is 33.5 Å². The van der Waals surface area contributed by atoms with Crippen LogP contribution in [0.15, 0.2) is 66.8 Å². The summed E-state index contributed by atoms with van der Waals surface area (Å²) in [5, 5.41) is 9.85. The van der Waals surface area contributed by atoms with Crippen LogP contribution >= 0.6 is 0 Å². The largest absolute Gasteiger partial charge is 0.496 e. The van der Waals surface area contributed by atoms with E-state index in [1.165, 1.54) is 19.8 Å². The van der Waals surface area contributed by atoms with Gasteiger partial charge in [0.05, 0.1) is 45.0 Å². The van der Waals surface area contributed by atoms with Crippen molar-refractivity contribution in [3.8, 4) is 34.5 Å². The number of carbonyl (C=O) groups excluding carboxylic acids is 1. The van der Waals surface area contributed by atoms with Crippen LogP contribution in [-0.2, 0) is 11.3 Å². The second-order valence-electron chi connectivity index (χ2n) is 12.8. The van der Waals surface area contributed by atoms with E-state index in [1.807, 2.05) is 35.2 Å². The Labute approximate surface area is 294 Å². The van der Waals surface area contributed by atoms with Gasteiger partial charge in [-0.3, -0.25) is 14.5 Å². The molecule has 0 aromatic heterocycles. The first-order valence-electron chi connectivity index (χ1n) is 16.8. The average molecular weight is 686 g/mol. The van der Waals surface area contributed by atoms with Crippen molar-refractivity contribution in [3.05, 3.63) is 89.0 Å². The first kappa shape index (κ1) is 36.3. The number of carboxylic acids is 1. The number of carbonyl (C=O) groups is 2. The van der Waals surface area contributed by atoms with Crippen LogP contribution in [0.4, 0.5) is 0 Å². The van der Waals surface area contributed by atoms with E-state index in [-0.39, 0.29) is 19.1 Å². The fraction of sp³-hybridized carbons (Fsp3) is 0.400. The second-order valence-corrected chi connectivity index (χ2v) is 12.8. The number of rotatable bonds is 15. The van der Waals surface area contributed by atoms with Gasteiger partial charge in [-0.15, -0.1) is 0 Å². The maximum Gasteiger partial charge on any atom is 0.320 e. The molecule has 2 unspecified atom stereocenters. The van der Waals surface area contributed by atoms with Gasteiger partial charge in [-0.05, 0) is 48.9 Å². The molecule has 0 spiro atoms. The van der Waals surface area contributed by atoms with E-state index in [4.69, 9.17) is 28.4 Å². The van der Waals surface area contributed by atoms with Gasteiger partial charge in [0.1, 0.15) is 53.8 Å². The molecule has 1 heterocycles. The molecule has 1 saturated heterocycles. The van der Waals surface area contributed by atoms with Crippen LogP contribution in [0.1, 0.15) is 53.2 Å². The van der Waals surface area contributed by atoms with Crippen LogP contribution in [-0.4, -0.2) is 76.5 Å². The molecule has 1 aliphatic heterocycles. The van der Waals surface area contributed by atoms with Gasteiger partial charge in [0.2, 0.25) is 0 Å². The quantitative estimate of drug-likeness (QED) is 0.168. The van der Waals surface area contributed by atoms with Gasteiger partial charge in [-0.25, -0.2) is 0 Å². The van der Waals surface area contributed by atoms with Crippen molar-refractivity contribution < 1.29 is 43.1 Å². The highest BCUT2D eigenvalue weighted by atomic mass is 16.5. The molecule has 266 valence electrons. The minimum absolute atomic E-state index is 0.0400. The van der Waals surface area contributed by atoms with Crippen molar-refractivity contribution >= 4 is 17.8 Å². The highest BCUT2D eigenvalue weighted by molar-refractivity contribution is 5.84. The summed E-state index contributed by atoms with van der Waals surface area (Å²) < 4.78 is 35.7. The highest BCUT2D eigenvalue weighted by Crippen LogP contribution is 2.45. The summed E-state index contributed by atoms with van der Waals surface area (Å²) in [4.78, 5) is 25.8. The number of hydrogen-bond acceptors (Lipinski definition) is 9. The monoisotopic (exact) mass is 685 g/mol. The molecule has 3 atom stereocenters. The smallest absolute Gasteiger partial charge is 0.320 e. The zero-order valence-electron chi connectivity index (χ0n) is 29.7. The molecule has 1 N–H and O–H groups in total. The number of likely N-dealkylation sites (tertiary alicyclic amines) is 1. The van der Waals surface area contributed by atoms with Crippen molar-refractivity contribution in [1.29, 1.82) is 0 Å². The number of ether oxygens (including phenoxy) is 6. The Kier molecular flexibility index (Phi) is 11.7. The summed E-state index contributed by atoms with van der Waals surface area (Å²) in [6.45, 7) is 5.81. The number of carboxylic acid groups (broad SMARTS) is 1. The van der Waals surface area contributed by atoms with Crippen LogP contribution < -0.4 is 28.4 Å². The summed E-state index contributed by atoms with van der Waals surface area (Å²) in [5.74, 6) is 1.99. The number of aryl methyl sites for hydroxylation is 1. The summed E-state index contributed by atoms with van der Waals surface area (Å²) >= 11 is 0. The van der Waals surface area contributed by atoms with Gasteiger partial charge in [0.15, 0.2) is 6.29 Å². The minimum Gasteiger partial charge on any atom is -0.496 e. The van der Waals surface area contributed by atoms with Crippen molar-refractivity contribution in [1.82, 2.24) is 4.90 Å². The van der Waals surface area contributed by atoms with Gasteiger partial charge in [-0.1, -0.05) is 55.8 Å². The van der Waals surface area contributed by atoms with Crippen LogP contribution in [0.25, 0.3) is 5.57 Å². The number of aliphatic carboxylic acids is 1. The zero-order chi connectivity index (χ0) is 35.8. The molecule has 3 aromatic carbocycles. The average Bonchev–Trinajstić information content (AvgIpc) is 3.14. The molecule has 0 saturated carbocycles. The standard InChI is InChI=1S/C40H47NO9/c1-26-12-7-8-13-30(26)31-14-11-16-40(27(31)2,25-50-29-20-37(47-5)33(23-42)38(21-29)48-6)24-49-28-18-35(45-3)32(36(19-28)46-4)22-41-17-10-9-15-34(41)39(43)44/h7-8,11-14,16,18-21,23,27,34H,9-10,15,17,22,24-25H2,1-6H3,(H,43,44)/t27?,34-,40?/m0/s1. The van der Waals surface area contributed by atoms with Crippen molar-refractivity contribution in [2.45, 2.75) is 45.7 Å². The number of hydrogen-bond donors (Lipinski definition) is 1. The van der Waals surface area contributed by atoms with Gasteiger partial charge in [0, 0.05) is 30.8 Å². The van der Waals surface area contributed by atoms with Crippen molar-refractivity contribution in [2.75, 3.05) is 48.2 Å². The van der Waals surface area contributed by atoms with E-state index >= 15 is 0 Å². The van der Waals surface area contributed by atoms with Crippen LogP contribution in [0.5, 0.6) is 34.5 Å². The third-order valence-corrected chi connectivity index (χ3v) is 9.98. The number of nitrogens with zero attached hydrogens (tertiary/aromatic N) is 1. The Morgan fingerprint density at radius 3 is 2.02 bits per heavy atom. The lowest BCUT2D eigenvalue weighted by Crippen LogP contribution is -2.44. The van der Waals surface area contributed by atoms with E-state index in [1.54, 1.807) is 26.4 Å². The Morgan fingerprint density at radius 1 is 0.900 bits per heavy atom. The Hall–Kier alpha value is -4.96. The minimum atomic E-state index is -0.819. The van der Waals surface area contributed by atoms with E-state index < -0.39 is 17.4 Å². The van der Waals surface area contributed by atoms with Crippen molar-refractivity contribution in [3.63, 3.8) is 0 Å².